The summed E-state index contributed by atoms with van der Waals surface area (Å²) in [5.41, 5.74) is 6.20. The van der Waals surface area contributed by atoms with Crippen molar-refractivity contribution in [2.75, 3.05) is 0 Å². The minimum Gasteiger partial charge on any atom is -0.387 e. The Hall–Kier alpha value is -0.540. The van der Waals surface area contributed by atoms with Gasteiger partial charge in [0.2, 0.25) is 0 Å². The first-order chi connectivity index (χ1) is 5.61. The van der Waals surface area contributed by atoms with E-state index in [0.717, 1.165) is 10.0 Å². The van der Waals surface area contributed by atoms with Crippen LogP contribution >= 0.6 is 27.5 Å². The van der Waals surface area contributed by atoms with Crippen LogP contribution in [0.3, 0.4) is 0 Å². The van der Waals surface area contributed by atoms with Crippen molar-refractivity contribution in [2.24, 2.45) is 5.73 Å². The highest BCUT2D eigenvalue weighted by Gasteiger charge is 2.03. The Bertz CT molecular complexity index is 312. The second-order valence-electron chi connectivity index (χ2n) is 2.41. The molecule has 64 valence electrons. The lowest BCUT2D eigenvalue weighted by atomic mass is 10.1. The highest BCUT2D eigenvalue weighted by Crippen LogP contribution is 2.26. The van der Waals surface area contributed by atoms with E-state index in [1.165, 1.54) is 0 Å². The van der Waals surface area contributed by atoms with Gasteiger partial charge in [0.15, 0.2) is 0 Å². The molecule has 0 fully saturated rings. The molecule has 0 unspecified atom stereocenters. The Morgan fingerprint density at radius 1 is 1.58 bits per heavy atom. The smallest absolute Gasteiger partial charge is 0.0950 e. The predicted molar refractivity (Wildman–Crippen MR) is 54.8 cm³/mol. The van der Waals surface area contributed by atoms with Crippen molar-refractivity contribution in [3.63, 3.8) is 0 Å². The molecule has 1 aromatic carbocycles. The van der Waals surface area contributed by atoms with Crippen LogP contribution in [0.5, 0.6) is 0 Å². The fraction of sp³-hybridized carbons (Fsp3) is 0.125. The lowest BCUT2D eigenvalue weighted by Crippen LogP contribution is -2.12. The Kier molecular flexibility index (Phi) is 3.12. The molecular formula is C8H8BrClN2. The van der Waals surface area contributed by atoms with Crippen LogP contribution in [0.2, 0.25) is 5.02 Å². The molecule has 2 nitrogen and oxygen atoms in total. The molecule has 3 N–H and O–H groups in total. The number of halogens is 2. The molecule has 1 rings (SSSR count). The fourth-order valence-corrected chi connectivity index (χ4v) is 1.49. The molecule has 0 aliphatic carbocycles. The third kappa shape index (κ3) is 2.22. The number of amidine groups is 1. The van der Waals surface area contributed by atoms with Crippen molar-refractivity contribution in [2.45, 2.75) is 6.42 Å². The van der Waals surface area contributed by atoms with E-state index in [0.29, 0.717) is 11.4 Å². The molecule has 1 aromatic rings. The number of rotatable bonds is 2. The summed E-state index contributed by atoms with van der Waals surface area (Å²) in [5.74, 6) is 0.137. The number of benzene rings is 1. The van der Waals surface area contributed by atoms with Gasteiger partial charge in [-0.3, -0.25) is 5.41 Å². The third-order valence-electron chi connectivity index (χ3n) is 1.41. The van der Waals surface area contributed by atoms with Crippen molar-refractivity contribution >= 4 is 33.4 Å². The summed E-state index contributed by atoms with van der Waals surface area (Å²) < 4.78 is 0.821. The number of hydrogen-bond acceptors (Lipinski definition) is 1. The molecular weight excluding hydrogens is 239 g/mol. The summed E-state index contributed by atoms with van der Waals surface area (Å²) in [6, 6.07) is 5.51. The van der Waals surface area contributed by atoms with Crippen molar-refractivity contribution in [1.82, 2.24) is 0 Å². The van der Waals surface area contributed by atoms with Gasteiger partial charge in [-0.05, 0) is 27.6 Å². The summed E-state index contributed by atoms with van der Waals surface area (Å²) in [4.78, 5) is 0. The Morgan fingerprint density at radius 2 is 2.25 bits per heavy atom. The van der Waals surface area contributed by atoms with E-state index < -0.39 is 0 Å². The highest BCUT2D eigenvalue weighted by atomic mass is 79.9. The van der Waals surface area contributed by atoms with Gasteiger partial charge in [-0.25, -0.2) is 0 Å². The molecule has 0 heterocycles. The molecule has 0 amide bonds. The normalized spacial score (nSPS) is 9.83. The molecule has 12 heavy (non-hydrogen) atoms. The quantitative estimate of drug-likeness (QED) is 0.612. The summed E-state index contributed by atoms with van der Waals surface area (Å²) in [5, 5.41) is 7.76. The van der Waals surface area contributed by atoms with Crippen LogP contribution < -0.4 is 5.73 Å². The molecule has 0 spiro atoms. The zero-order valence-electron chi connectivity index (χ0n) is 6.27. The van der Waals surface area contributed by atoms with Crippen LogP contribution in [0.1, 0.15) is 5.56 Å². The monoisotopic (exact) mass is 246 g/mol. The van der Waals surface area contributed by atoms with Crippen LogP contribution in [-0.2, 0) is 6.42 Å². The van der Waals surface area contributed by atoms with Crippen LogP contribution in [0.25, 0.3) is 0 Å². The van der Waals surface area contributed by atoms with Gasteiger partial charge >= 0.3 is 0 Å². The summed E-state index contributed by atoms with van der Waals surface area (Å²) >= 11 is 9.16. The number of nitrogens with one attached hydrogen (secondary N) is 1. The van der Waals surface area contributed by atoms with Gasteiger partial charge in [0.25, 0.3) is 0 Å². The zero-order chi connectivity index (χ0) is 9.14. The van der Waals surface area contributed by atoms with Gasteiger partial charge in [0.05, 0.1) is 10.9 Å². The van der Waals surface area contributed by atoms with Gasteiger partial charge < -0.3 is 5.73 Å². The van der Waals surface area contributed by atoms with E-state index >= 15 is 0 Å². The molecule has 0 aromatic heterocycles. The molecule has 0 atom stereocenters. The standard InChI is InChI=1S/C8H8BrClN2/c9-8-5(4-7(11)12)2-1-3-6(8)10/h1-3H,4H2,(H3,11,12). The average molecular weight is 248 g/mol. The summed E-state index contributed by atoms with van der Waals surface area (Å²) in [6.45, 7) is 0. The van der Waals surface area contributed by atoms with Gasteiger partial charge in [0.1, 0.15) is 0 Å². The van der Waals surface area contributed by atoms with E-state index in [2.05, 4.69) is 15.9 Å². The first-order valence-electron chi connectivity index (χ1n) is 3.37. The van der Waals surface area contributed by atoms with E-state index in [1.807, 2.05) is 12.1 Å². The maximum atomic E-state index is 7.11. The van der Waals surface area contributed by atoms with Gasteiger partial charge in [-0.2, -0.15) is 0 Å². The van der Waals surface area contributed by atoms with Gasteiger partial charge in [-0.15, -0.1) is 0 Å². The van der Waals surface area contributed by atoms with Crippen LogP contribution in [-0.4, -0.2) is 5.84 Å². The molecule has 0 bridgehead atoms. The van der Waals surface area contributed by atoms with Crippen LogP contribution in [0, 0.1) is 5.41 Å². The van der Waals surface area contributed by atoms with Crippen LogP contribution in [0.4, 0.5) is 0 Å². The molecule has 4 heteroatoms. The largest absolute Gasteiger partial charge is 0.387 e. The Morgan fingerprint density at radius 3 is 2.83 bits per heavy atom. The van der Waals surface area contributed by atoms with E-state index in [4.69, 9.17) is 22.7 Å². The van der Waals surface area contributed by atoms with Crippen molar-refractivity contribution in [1.29, 1.82) is 5.41 Å². The van der Waals surface area contributed by atoms with E-state index in [1.54, 1.807) is 6.07 Å². The maximum Gasteiger partial charge on any atom is 0.0950 e. The molecule has 0 aliphatic rings. The SMILES string of the molecule is N=C(N)Cc1cccc(Cl)c1Br. The minimum atomic E-state index is 0.137. The summed E-state index contributed by atoms with van der Waals surface area (Å²) in [7, 11) is 0. The fourth-order valence-electron chi connectivity index (χ4n) is 0.890. The number of hydrogen-bond donors (Lipinski definition) is 2. The highest BCUT2D eigenvalue weighted by molar-refractivity contribution is 9.10. The Labute approximate surface area is 84.4 Å². The zero-order valence-corrected chi connectivity index (χ0v) is 8.61. The second-order valence-corrected chi connectivity index (χ2v) is 3.62. The average Bonchev–Trinajstić information content (AvgIpc) is 1.98. The van der Waals surface area contributed by atoms with Crippen molar-refractivity contribution in [3.8, 4) is 0 Å². The predicted octanol–water partition coefficient (Wildman–Crippen LogP) is 2.58. The van der Waals surface area contributed by atoms with E-state index in [-0.39, 0.29) is 5.84 Å². The molecule has 0 aliphatic heterocycles. The molecule has 0 saturated heterocycles. The Balaban J connectivity index is 3.00. The lowest BCUT2D eigenvalue weighted by Gasteiger charge is -2.03. The van der Waals surface area contributed by atoms with Gasteiger partial charge in [0, 0.05) is 10.9 Å². The molecule has 0 saturated carbocycles. The van der Waals surface area contributed by atoms with Crippen molar-refractivity contribution in [3.05, 3.63) is 33.3 Å². The maximum absolute atomic E-state index is 7.11. The van der Waals surface area contributed by atoms with Crippen molar-refractivity contribution < 1.29 is 0 Å². The first kappa shape index (κ1) is 9.55. The minimum absolute atomic E-state index is 0.137. The summed E-state index contributed by atoms with van der Waals surface area (Å²) in [6.07, 6.45) is 0.432. The van der Waals surface area contributed by atoms with Crippen LogP contribution in [0.15, 0.2) is 22.7 Å². The second kappa shape index (κ2) is 3.92. The lowest BCUT2D eigenvalue weighted by molar-refractivity contribution is 1.23. The topological polar surface area (TPSA) is 49.9 Å². The first-order valence-corrected chi connectivity index (χ1v) is 4.54. The number of nitrogens with two attached hydrogens (primary N) is 1. The molecule has 0 radical (unpaired) electrons. The van der Waals surface area contributed by atoms with E-state index in [9.17, 15) is 0 Å². The third-order valence-corrected chi connectivity index (χ3v) is 2.89. The van der Waals surface area contributed by atoms with Gasteiger partial charge in [-0.1, -0.05) is 23.7 Å².